The number of rotatable bonds is 5. The number of carbonyl (C=O) groups excluding carboxylic acids is 1. The lowest BCUT2D eigenvalue weighted by molar-refractivity contribution is -0.117. The molecule has 7 heteroatoms. The van der Waals surface area contributed by atoms with Crippen LogP contribution in [0.4, 0.5) is 0 Å². The van der Waals surface area contributed by atoms with E-state index in [2.05, 4.69) is 25.2 Å². The quantitative estimate of drug-likeness (QED) is 0.675. The highest BCUT2D eigenvalue weighted by Crippen LogP contribution is 2.38. The third-order valence-electron chi connectivity index (χ3n) is 4.94. The fraction of sp³-hybridized carbons (Fsp3) is 0.316. The second-order valence-electron chi connectivity index (χ2n) is 6.30. The Morgan fingerprint density at radius 1 is 1.27 bits per heavy atom. The maximum absolute atomic E-state index is 12.6. The maximum atomic E-state index is 12.6. The predicted molar refractivity (Wildman–Crippen MR) is 98.2 cm³/mol. The minimum atomic E-state index is -1.08. The summed E-state index contributed by atoms with van der Waals surface area (Å²) < 4.78 is 5.60. The normalized spacial score (nSPS) is 17.7. The Bertz CT molecular complexity index is 905. The molecule has 1 aliphatic heterocycles. The average Bonchev–Trinajstić information content (AvgIpc) is 3.24. The van der Waals surface area contributed by atoms with Crippen molar-refractivity contribution in [2.24, 2.45) is 0 Å². The van der Waals surface area contributed by atoms with Crippen LogP contribution in [0.1, 0.15) is 11.4 Å². The van der Waals surface area contributed by atoms with Crippen molar-refractivity contribution in [3.8, 4) is 5.88 Å². The van der Waals surface area contributed by atoms with Crippen LogP contribution in [-0.2, 0) is 10.3 Å². The second kappa shape index (κ2) is 6.86. The van der Waals surface area contributed by atoms with Gasteiger partial charge in [0, 0.05) is 44.0 Å². The van der Waals surface area contributed by atoms with Gasteiger partial charge >= 0.3 is 0 Å². The van der Waals surface area contributed by atoms with Crippen LogP contribution >= 0.6 is 0 Å². The van der Waals surface area contributed by atoms with Gasteiger partial charge in [0.25, 0.3) is 0 Å². The molecule has 1 unspecified atom stereocenters. The number of fused-ring (bicyclic) bond motifs is 1. The zero-order chi connectivity index (χ0) is 18.0. The van der Waals surface area contributed by atoms with E-state index >= 15 is 0 Å². The lowest BCUT2D eigenvalue weighted by Crippen LogP contribution is -2.56. The first-order chi connectivity index (χ1) is 12.8. The highest BCUT2D eigenvalue weighted by molar-refractivity contribution is 5.84. The molecule has 0 spiro atoms. The second-order valence-corrected chi connectivity index (χ2v) is 6.30. The first-order valence-electron chi connectivity index (χ1n) is 8.66. The molecule has 1 saturated heterocycles. The van der Waals surface area contributed by atoms with Gasteiger partial charge in [0.05, 0.1) is 18.2 Å². The average molecular weight is 351 g/mol. The molecule has 0 amide bonds. The highest BCUT2D eigenvalue weighted by Gasteiger charge is 2.46. The van der Waals surface area contributed by atoms with E-state index < -0.39 is 5.54 Å². The smallest absolute Gasteiger partial charge is 0.219 e. The number of nitrogens with zero attached hydrogens (tertiary/aromatic N) is 3. The number of piperazine rings is 1. The van der Waals surface area contributed by atoms with Crippen molar-refractivity contribution in [1.82, 2.24) is 25.2 Å². The number of methoxy groups -OCH3 is 1. The third-order valence-corrected chi connectivity index (χ3v) is 4.94. The molecule has 26 heavy (non-hydrogen) atoms. The van der Waals surface area contributed by atoms with Crippen molar-refractivity contribution in [3.63, 3.8) is 0 Å². The minimum absolute atomic E-state index is 0.436. The Morgan fingerprint density at radius 2 is 2.08 bits per heavy atom. The molecule has 3 aromatic rings. The molecule has 2 aromatic heterocycles. The summed E-state index contributed by atoms with van der Waals surface area (Å²) in [4.78, 5) is 27.0. The number of benzene rings is 1. The Morgan fingerprint density at radius 3 is 2.77 bits per heavy atom. The number of ether oxygens (including phenoxy) is 1. The molecule has 1 aliphatic rings. The molecule has 0 aliphatic carbocycles. The number of carbonyl (C=O) groups is 1. The van der Waals surface area contributed by atoms with Crippen LogP contribution in [0.2, 0.25) is 0 Å². The Labute approximate surface area is 151 Å². The predicted octanol–water partition coefficient (Wildman–Crippen LogP) is 1.31. The highest BCUT2D eigenvalue weighted by atomic mass is 16.5. The third kappa shape index (κ3) is 2.56. The molecule has 1 atom stereocenters. The number of aromatic nitrogens is 3. The van der Waals surface area contributed by atoms with Gasteiger partial charge < -0.3 is 19.8 Å². The molecular weight excluding hydrogens is 330 g/mol. The van der Waals surface area contributed by atoms with Gasteiger partial charge in [-0.05, 0) is 12.1 Å². The number of pyridine rings is 1. The van der Waals surface area contributed by atoms with Gasteiger partial charge in [0.1, 0.15) is 5.82 Å². The standard InChI is InChI=1S/C19H21N5O2/c1-26-17-15(12-14-4-2-3-5-16(14)23-17)19(13-25,18-21-6-7-22-18)24-10-8-20-9-11-24/h2-7,12-13,20H,8-11H2,1H3,(H,21,22). The number of imidazole rings is 1. The van der Waals surface area contributed by atoms with Crippen LogP contribution in [-0.4, -0.2) is 59.4 Å². The first-order valence-corrected chi connectivity index (χ1v) is 8.66. The number of nitrogens with one attached hydrogen (secondary N) is 2. The number of para-hydroxylation sites is 1. The SMILES string of the molecule is COc1nc2ccccc2cc1C(C=O)(c1ncc[nH]1)N1CCNCC1. The molecule has 0 radical (unpaired) electrons. The molecule has 0 bridgehead atoms. The van der Waals surface area contributed by atoms with Crippen LogP contribution < -0.4 is 10.1 Å². The molecule has 2 N–H and O–H groups in total. The fourth-order valence-corrected chi connectivity index (χ4v) is 3.66. The van der Waals surface area contributed by atoms with Crippen molar-refractivity contribution in [3.05, 3.63) is 54.1 Å². The number of hydrogen-bond acceptors (Lipinski definition) is 6. The molecule has 1 aromatic carbocycles. The van der Waals surface area contributed by atoms with E-state index in [0.29, 0.717) is 17.3 Å². The lowest BCUT2D eigenvalue weighted by Gasteiger charge is -2.41. The summed E-state index contributed by atoms with van der Waals surface area (Å²) in [5.74, 6) is 1.01. The number of aromatic amines is 1. The molecule has 0 saturated carbocycles. The summed E-state index contributed by atoms with van der Waals surface area (Å²) in [5, 5.41) is 4.29. The van der Waals surface area contributed by atoms with Gasteiger partial charge in [-0.1, -0.05) is 18.2 Å². The number of H-pyrrole nitrogens is 1. The van der Waals surface area contributed by atoms with Crippen molar-refractivity contribution in [2.75, 3.05) is 33.3 Å². The topological polar surface area (TPSA) is 83.1 Å². The molecule has 3 heterocycles. The monoisotopic (exact) mass is 351 g/mol. The molecular formula is C19H21N5O2. The summed E-state index contributed by atoms with van der Waals surface area (Å²) in [6, 6.07) is 9.80. The molecule has 7 nitrogen and oxygen atoms in total. The van der Waals surface area contributed by atoms with Crippen molar-refractivity contribution >= 4 is 17.2 Å². The summed E-state index contributed by atoms with van der Waals surface area (Å²) >= 11 is 0. The molecule has 1 fully saturated rings. The van der Waals surface area contributed by atoms with Gasteiger partial charge in [-0.25, -0.2) is 9.97 Å². The Balaban J connectivity index is 1.99. The van der Waals surface area contributed by atoms with Crippen LogP contribution in [0.25, 0.3) is 10.9 Å². The van der Waals surface area contributed by atoms with Crippen LogP contribution in [0, 0.1) is 0 Å². The van der Waals surface area contributed by atoms with E-state index in [1.165, 1.54) is 0 Å². The van der Waals surface area contributed by atoms with E-state index in [1.807, 2.05) is 30.3 Å². The summed E-state index contributed by atoms with van der Waals surface area (Å²) in [6.45, 7) is 3.05. The van der Waals surface area contributed by atoms with Gasteiger partial charge in [0.15, 0.2) is 11.8 Å². The summed E-state index contributed by atoms with van der Waals surface area (Å²) in [6.07, 6.45) is 4.35. The lowest BCUT2D eigenvalue weighted by atomic mass is 9.87. The fourth-order valence-electron chi connectivity index (χ4n) is 3.66. The first kappa shape index (κ1) is 16.7. The van der Waals surface area contributed by atoms with Crippen LogP contribution in [0.15, 0.2) is 42.7 Å². The van der Waals surface area contributed by atoms with Crippen LogP contribution in [0.5, 0.6) is 5.88 Å². The van der Waals surface area contributed by atoms with Gasteiger partial charge in [-0.2, -0.15) is 0 Å². The number of aldehydes is 1. The zero-order valence-electron chi connectivity index (χ0n) is 14.6. The molecule has 134 valence electrons. The van der Waals surface area contributed by atoms with Gasteiger partial charge in [0.2, 0.25) is 5.88 Å². The van der Waals surface area contributed by atoms with E-state index in [0.717, 1.165) is 43.4 Å². The van der Waals surface area contributed by atoms with E-state index in [1.54, 1.807) is 19.5 Å². The van der Waals surface area contributed by atoms with Gasteiger partial charge in [-0.3, -0.25) is 4.90 Å². The van der Waals surface area contributed by atoms with Gasteiger partial charge in [-0.15, -0.1) is 0 Å². The van der Waals surface area contributed by atoms with Crippen molar-refractivity contribution in [1.29, 1.82) is 0 Å². The van der Waals surface area contributed by atoms with Crippen molar-refractivity contribution in [2.45, 2.75) is 5.54 Å². The van der Waals surface area contributed by atoms with E-state index in [9.17, 15) is 4.79 Å². The summed E-state index contributed by atoms with van der Waals surface area (Å²) in [7, 11) is 1.58. The number of hydrogen-bond donors (Lipinski definition) is 2. The maximum Gasteiger partial charge on any atom is 0.219 e. The van der Waals surface area contributed by atoms with E-state index in [-0.39, 0.29) is 0 Å². The van der Waals surface area contributed by atoms with Crippen molar-refractivity contribution < 1.29 is 9.53 Å². The largest absolute Gasteiger partial charge is 0.481 e. The minimum Gasteiger partial charge on any atom is -0.481 e. The summed E-state index contributed by atoms with van der Waals surface area (Å²) in [5.41, 5.74) is 0.451. The molecule has 4 rings (SSSR count). The Kier molecular flexibility index (Phi) is 4.40. The van der Waals surface area contributed by atoms with E-state index in [4.69, 9.17) is 4.74 Å². The zero-order valence-corrected chi connectivity index (χ0v) is 14.6. The van der Waals surface area contributed by atoms with Crippen LogP contribution in [0.3, 0.4) is 0 Å². The Hall–Kier alpha value is -2.77.